The van der Waals surface area contributed by atoms with Crippen molar-refractivity contribution in [2.45, 2.75) is 16.3 Å². The minimum absolute atomic E-state index is 0.00152. The molecule has 0 atom stereocenters. The van der Waals surface area contributed by atoms with E-state index in [9.17, 15) is 21.6 Å². The highest BCUT2D eigenvalue weighted by Crippen LogP contribution is 2.22. The van der Waals surface area contributed by atoms with Crippen LogP contribution in [0.4, 0.5) is 0 Å². The molecule has 2 rings (SSSR count). The number of nitrogens with zero attached hydrogens (tertiary/aromatic N) is 1. The molecule has 0 spiro atoms. The van der Waals surface area contributed by atoms with Crippen LogP contribution in [0.15, 0.2) is 56.7 Å². The Balaban J connectivity index is 2.19. The largest absolute Gasteiger partial charge is 0.348 e. The first-order valence-electron chi connectivity index (χ1n) is 7.55. The van der Waals surface area contributed by atoms with Crippen molar-refractivity contribution in [3.8, 4) is 0 Å². The van der Waals surface area contributed by atoms with Crippen molar-refractivity contribution in [3.63, 3.8) is 0 Å². The Morgan fingerprint density at radius 3 is 2.11 bits per heavy atom. The summed E-state index contributed by atoms with van der Waals surface area (Å²) in [4.78, 5) is 12.4. The molecule has 8 nitrogen and oxygen atoms in total. The molecule has 0 fully saturated rings. The first-order valence-corrected chi connectivity index (χ1v) is 11.3. The third kappa shape index (κ3) is 5.14. The SMILES string of the molecule is CN(C)S(=O)(=O)c1ccc(Br)c(C(=O)NCc2ccc(S(N)(=O)=O)cc2)c1. The maximum atomic E-state index is 12.4. The van der Waals surface area contributed by atoms with Crippen LogP contribution in [0.5, 0.6) is 0 Å². The third-order valence-electron chi connectivity index (χ3n) is 3.67. The van der Waals surface area contributed by atoms with Crippen molar-refractivity contribution in [2.75, 3.05) is 14.1 Å². The smallest absolute Gasteiger partial charge is 0.252 e. The molecular weight excluding hydrogens is 458 g/mol. The average molecular weight is 476 g/mol. The van der Waals surface area contributed by atoms with E-state index in [2.05, 4.69) is 21.2 Å². The summed E-state index contributed by atoms with van der Waals surface area (Å²) >= 11 is 3.24. The Labute approximate surface area is 166 Å². The van der Waals surface area contributed by atoms with E-state index < -0.39 is 26.0 Å². The second-order valence-corrected chi connectivity index (χ2v) is 10.4. The molecule has 1 amide bonds. The molecule has 0 aliphatic heterocycles. The number of benzene rings is 2. The van der Waals surface area contributed by atoms with Crippen LogP contribution < -0.4 is 10.5 Å². The van der Waals surface area contributed by atoms with E-state index in [1.54, 1.807) is 0 Å². The summed E-state index contributed by atoms with van der Waals surface area (Å²) in [5, 5.41) is 7.70. The van der Waals surface area contributed by atoms with Crippen LogP contribution in [0.3, 0.4) is 0 Å². The minimum atomic E-state index is -3.78. The molecule has 2 aromatic rings. The quantitative estimate of drug-likeness (QED) is 0.650. The number of rotatable bonds is 6. The number of nitrogens with one attached hydrogen (secondary N) is 1. The molecular formula is C16H18BrN3O5S2. The van der Waals surface area contributed by atoms with Crippen LogP contribution >= 0.6 is 15.9 Å². The monoisotopic (exact) mass is 475 g/mol. The van der Waals surface area contributed by atoms with E-state index in [1.807, 2.05) is 0 Å². The molecule has 0 heterocycles. The Morgan fingerprint density at radius 2 is 1.59 bits per heavy atom. The van der Waals surface area contributed by atoms with E-state index in [-0.39, 0.29) is 21.9 Å². The van der Waals surface area contributed by atoms with Crippen molar-refractivity contribution < 1.29 is 21.6 Å². The first-order chi connectivity index (χ1) is 12.4. The van der Waals surface area contributed by atoms with Crippen LogP contribution in [0.2, 0.25) is 0 Å². The predicted molar refractivity (Wildman–Crippen MR) is 104 cm³/mol. The van der Waals surface area contributed by atoms with E-state index >= 15 is 0 Å². The highest BCUT2D eigenvalue weighted by atomic mass is 79.9. The lowest BCUT2D eigenvalue weighted by Gasteiger charge is -2.13. The molecule has 27 heavy (non-hydrogen) atoms. The van der Waals surface area contributed by atoms with Gasteiger partial charge in [0.25, 0.3) is 5.91 Å². The first kappa shape index (κ1) is 21.5. The summed E-state index contributed by atoms with van der Waals surface area (Å²) in [7, 11) is -4.64. The van der Waals surface area contributed by atoms with Crippen molar-refractivity contribution in [2.24, 2.45) is 5.14 Å². The Bertz CT molecular complexity index is 1070. The summed E-state index contributed by atoms with van der Waals surface area (Å²) in [5.41, 5.74) is 0.822. The van der Waals surface area contributed by atoms with Crippen molar-refractivity contribution in [3.05, 3.63) is 58.1 Å². The number of sulfonamides is 2. The van der Waals surface area contributed by atoms with Gasteiger partial charge in [0.1, 0.15) is 0 Å². The topological polar surface area (TPSA) is 127 Å². The Hall–Kier alpha value is -1.79. The molecule has 0 radical (unpaired) electrons. The number of carbonyl (C=O) groups is 1. The molecule has 2 aromatic carbocycles. The molecule has 0 saturated heterocycles. The van der Waals surface area contributed by atoms with Crippen molar-refractivity contribution in [1.82, 2.24) is 9.62 Å². The van der Waals surface area contributed by atoms with Crippen LogP contribution in [0, 0.1) is 0 Å². The van der Waals surface area contributed by atoms with Crippen LogP contribution in [0.25, 0.3) is 0 Å². The van der Waals surface area contributed by atoms with Crippen LogP contribution in [-0.4, -0.2) is 41.1 Å². The predicted octanol–water partition coefficient (Wildman–Crippen LogP) is 1.28. The van der Waals surface area contributed by atoms with Gasteiger partial charge in [0.05, 0.1) is 15.4 Å². The van der Waals surface area contributed by atoms with E-state index in [0.717, 1.165) is 4.31 Å². The average Bonchev–Trinajstić information content (AvgIpc) is 2.59. The molecule has 0 bridgehead atoms. The van der Waals surface area contributed by atoms with Gasteiger partial charge in [-0.25, -0.2) is 26.3 Å². The van der Waals surface area contributed by atoms with Gasteiger partial charge in [0, 0.05) is 25.1 Å². The van der Waals surface area contributed by atoms with Gasteiger partial charge in [-0.15, -0.1) is 0 Å². The van der Waals surface area contributed by atoms with Crippen molar-refractivity contribution >= 4 is 41.9 Å². The summed E-state index contributed by atoms with van der Waals surface area (Å²) in [5.74, 6) is -0.479. The number of nitrogens with two attached hydrogens (primary N) is 1. The Morgan fingerprint density at radius 1 is 1.04 bits per heavy atom. The van der Waals surface area contributed by atoms with Gasteiger partial charge >= 0.3 is 0 Å². The number of primary sulfonamides is 1. The van der Waals surface area contributed by atoms with E-state index in [4.69, 9.17) is 5.14 Å². The summed E-state index contributed by atoms with van der Waals surface area (Å²) in [6.45, 7) is 0.126. The molecule has 0 aromatic heterocycles. The highest BCUT2D eigenvalue weighted by molar-refractivity contribution is 9.10. The lowest BCUT2D eigenvalue weighted by atomic mass is 10.2. The summed E-state index contributed by atoms with van der Waals surface area (Å²) in [6, 6.07) is 9.94. The van der Waals surface area contributed by atoms with E-state index in [0.29, 0.717) is 10.0 Å². The highest BCUT2D eigenvalue weighted by Gasteiger charge is 2.20. The fourth-order valence-corrected chi connectivity index (χ4v) is 3.99. The third-order valence-corrected chi connectivity index (χ3v) is 7.10. The fourth-order valence-electron chi connectivity index (χ4n) is 2.12. The van der Waals surface area contributed by atoms with Gasteiger partial charge in [-0.2, -0.15) is 0 Å². The number of hydrogen-bond acceptors (Lipinski definition) is 5. The normalized spacial score (nSPS) is 12.2. The number of carbonyl (C=O) groups excluding carboxylic acids is 1. The zero-order chi connectivity index (χ0) is 20.4. The van der Waals surface area contributed by atoms with Crippen molar-refractivity contribution in [1.29, 1.82) is 0 Å². The van der Waals surface area contributed by atoms with Gasteiger partial charge in [0.2, 0.25) is 20.0 Å². The van der Waals surface area contributed by atoms with Crippen LogP contribution in [-0.2, 0) is 26.6 Å². The number of halogens is 1. The zero-order valence-electron chi connectivity index (χ0n) is 14.5. The molecule has 3 N–H and O–H groups in total. The molecule has 146 valence electrons. The number of amides is 1. The molecule has 0 unspecified atom stereocenters. The van der Waals surface area contributed by atoms with Gasteiger partial charge in [-0.3, -0.25) is 4.79 Å². The van der Waals surface area contributed by atoms with Gasteiger partial charge in [-0.05, 0) is 51.8 Å². The van der Waals surface area contributed by atoms with Crippen LogP contribution in [0.1, 0.15) is 15.9 Å². The second kappa shape index (κ2) is 8.07. The number of hydrogen-bond donors (Lipinski definition) is 2. The summed E-state index contributed by atoms with van der Waals surface area (Å²) in [6.07, 6.45) is 0. The zero-order valence-corrected chi connectivity index (χ0v) is 17.7. The maximum Gasteiger partial charge on any atom is 0.252 e. The lowest BCUT2D eigenvalue weighted by Crippen LogP contribution is -2.25. The molecule has 0 saturated carbocycles. The second-order valence-electron chi connectivity index (χ2n) is 5.80. The standard InChI is InChI=1S/C16H18BrN3O5S2/c1-20(2)27(24,25)13-7-8-15(17)14(9-13)16(21)19-10-11-3-5-12(6-4-11)26(18,22)23/h3-9H,10H2,1-2H3,(H,19,21)(H2,18,22,23). The summed E-state index contributed by atoms with van der Waals surface area (Å²) < 4.78 is 48.5. The Kier molecular flexibility index (Phi) is 6.43. The lowest BCUT2D eigenvalue weighted by molar-refractivity contribution is 0.0950. The molecule has 11 heteroatoms. The van der Waals surface area contributed by atoms with E-state index in [1.165, 1.54) is 56.6 Å². The fraction of sp³-hybridized carbons (Fsp3) is 0.188. The molecule has 0 aliphatic rings. The van der Waals surface area contributed by atoms with Gasteiger partial charge in [-0.1, -0.05) is 12.1 Å². The van der Waals surface area contributed by atoms with Gasteiger partial charge < -0.3 is 5.32 Å². The van der Waals surface area contributed by atoms with Gasteiger partial charge in [0.15, 0.2) is 0 Å². The minimum Gasteiger partial charge on any atom is -0.348 e. The molecule has 0 aliphatic carbocycles. The maximum absolute atomic E-state index is 12.4.